The SMILES string of the molecule is O=C(Nc1cccc(C(F)(F)F)c1)NC1CCC(Nc2nccc(Nc3cc(C4CCCC4)[nH]n3)n2)CC1. The van der Waals surface area contributed by atoms with Crippen LogP contribution in [0.25, 0.3) is 0 Å². The second kappa shape index (κ2) is 11.3. The van der Waals surface area contributed by atoms with Crippen molar-refractivity contribution in [2.45, 2.75) is 75.5 Å². The molecule has 2 amide bonds. The average Bonchev–Trinajstić information content (AvgIpc) is 3.58. The maximum absolute atomic E-state index is 12.9. The highest BCUT2D eigenvalue weighted by Crippen LogP contribution is 2.34. The van der Waals surface area contributed by atoms with Crippen molar-refractivity contribution in [2.24, 2.45) is 0 Å². The first kappa shape index (κ1) is 25.8. The molecule has 9 nitrogen and oxygen atoms in total. The van der Waals surface area contributed by atoms with Gasteiger partial charge in [-0.15, -0.1) is 0 Å². The Morgan fingerprint density at radius 1 is 0.947 bits per heavy atom. The highest BCUT2D eigenvalue weighted by molar-refractivity contribution is 5.89. The van der Waals surface area contributed by atoms with E-state index in [9.17, 15) is 18.0 Å². The van der Waals surface area contributed by atoms with E-state index in [-0.39, 0.29) is 17.8 Å². The van der Waals surface area contributed by atoms with Crippen molar-refractivity contribution in [1.29, 1.82) is 0 Å². The second-order valence-corrected chi connectivity index (χ2v) is 9.95. The van der Waals surface area contributed by atoms with Crippen molar-refractivity contribution in [2.75, 3.05) is 16.0 Å². The number of nitrogens with one attached hydrogen (secondary N) is 5. The van der Waals surface area contributed by atoms with Gasteiger partial charge in [-0.3, -0.25) is 5.10 Å². The number of benzene rings is 1. The molecular weight excluding hydrogens is 497 g/mol. The molecule has 3 aromatic rings. The zero-order chi connectivity index (χ0) is 26.5. The third-order valence-electron chi connectivity index (χ3n) is 7.15. The van der Waals surface area contributed by atoms with E-state index < -0.39 is 17.8 Å². The van der Waals surface area contributed by atoms with E-state index >= 15 is 0 Å². The molecule has 0 unspecified atom stereocenters. The summed E-state index contributed by atoms with van der Waals surface area (Å²) < 4.78 is 38.7. The van der Waals surface area contributed by atoms with Gasteiger partial charge < -0.3 is 21.3 Å². The molecule has 2 fully saturated rings. The van der Waals surface area contributed by atoms with E-state index in [2.05, 4.69) is 41.4 Å². The third-order valence-corrected chi connectivity index (χ3v) is 7.15. The van der Waals surface area contributed by atoms with E-state index in [4.69, 9.17) is 0 Å². The number of aromatic nitrogens is 4. The molecule has 0 spiro atoms. The Labute approximate surface area is 218 Å². The molecular formula is C26H31F3N8O. The van der Waals surface area contributed by atoms with Crippen LogP contribution in [-0.4, -0.2) is 38.3 Å². The van der Waals surface area contributed by atoms with Crippen LogP contribution in [0.5, 0.6) is 0 Å². The van der Waals surface area contributed by atoms with Crippen LogP contribution in [0.2, 0.25) is 0 Å². The minimum absolute atomic E-state index is 0.0681. The molecule has 0 atom stereocenters. The van der Waals surface area contributed by atoms with Crippen molar-refractivity contribution in [1.82, 2.24) is 25.5 Å². The number of alkyl halides is 3. The summed E-state index contributed by atoms with van der Waals surface area (Å²) in [6.45, 7) is 0. The van der Waals surface area contributed by atoms with Gasteiger partial charge in [0.1, 0.15) is 5.82 Å². The number of urea groups is 1. The van der Waals surface area contributed by atoms with Crippen molar-refractivity contribution in [3.05, 3.63) is 53.9 Å². The fourth-order valence-corrected chi connectivity index (χ4v) is 5.17. The lowest BCUT2D eigenvalue weighted by molar-refractivity contribution is -0.137. The van der Waals surface area contributed by atoms with Crippen molar-refractivity contribution < 1.29 is 18.0 Å². The van der Waals surface area contributed by atoms with Gasteiger partial charge in [0.15, 0.2) is 5.82 Å². The largest absolute Gasteiger partial charge is 0.416 e. The van der Waals surface area contributed by atoms with E-state index in [1.807, 2.05) is 6.07 Å². The normalized spacial score (nSPS) is 20.2. The summed E-state index contributed by atoms with van der Waals surface area (Å²) >= 11 is 0. The third kappa shape index (κ3) is 6.73. The van der Waals surface area contributed by atoms with Crippen molar-refractivity contribution >= 4 is 29.3 Å². The fraction of sp³-hybridized carbons (Fsp3) is 0.462. The number of hydrogen-bond acceptors (Lipinski definition) is 6. The van der Waals surface area contributed by atoms with Crippen molar-refractivity contribution in [3.8, 4) is 0 Å². The summed E-state index contributed by atoms with van der Waals surface area (Å²) in [5.74, 6) is 2.44. The van der Waals surface area contributed by atoms with Crippen LogP contribution in [0.4, 0.5) is 41.2 Å². The molecule has 12 heteroatoms. The average molecular weight is 529 g/mol. The van der Waals surface area contributed by atoms with Gasteiger partial charge in [-0.2, -0.15) is 23.3 Å². The highest BCUT2D eigenvalue weighted by Gasteiger charge is 2.30. The molecule has 2 aliphatic carbocycles. The molecule has 0 aliphatic heterocycles. The maximum atomic E-state index is 12.9. The minimum atomic E-state index is -4.46. The molecule has 2 aromatic heterocycles. The van der Waals surface area contributed by atoms with Gasteiger partial charge in [-0.05, 0) is 62.8 Å². The zero-order valence-electron chi connectivity index (χ0n) is 20.8. The maximum Gasteiger partial charge on any atom is 0.416 e. The lowest BCUT2D eigenvalue weighted by Crippen LogP contribution is -2.42. The Morgan fingerprint density at radius 2 is 1.71 bits per heavy atom. The number of amides is 2. The van der Waals surface area contributed by atoms with Crippen LogP contribution in [-0.2, 0) is 6.18 Å². The van der Waals surface area contributed by atoms with E-state index in [1.54, 1.807) is 12.3 Å². The first-order valence-corrected chi connectivity index (χ1v) is 13.0. The Balaban J connectivity index is 1.08. The Kier molecular flexibility index (Phi) is 7.66. The van der Waals surface area contributed by atoms with Gasteiger partial charge in [0.05, 0.1) is 5.56 Å². The van der Waals surface area contributed by atoms with Crippen LogP contribution in [0.15, 0.2) is 42.6 Å². The van der Waals surface area contributed by atoms with Crippen LogP contribution in [0.1, 0.15) is 68.5 Å². The molecule has 5 rings (SSSR count). The first-order chi connectivity index (χ1) is 18.3. The molecule has 0 saturated heterocycles. The summed E-state index contributed by atoms with van der Waals surface area (Å²) in [6.07, 6.45) is 5.18. The van der Waals surface area contributed by atoms with Crippen LogP contribution in [0, 0.1) is 0 Å². The second-order valence-electron chi connectivity index (χ2n) is 9.95. The van der Waals surface area contributed by atoms with E-state index in [0.29, 0.717) is 17.7 Å². The van der Waals surface area contributed by atoms with Gasteiger partial charge in [-0.25, -0.2) is 9.78 Å². The molecule has 0 bridgehead atoms. The van der Waals surface area contributed by atoms with E-state index in [0.717, 1.165) is 49.3 Å². The smallest absolute Gasteiger partial charge is 0.351 e. The lowest BCUT2D eigenvalue weighted by atomic mass is 9.91. The van der Waals surface area contributed by atoms with Crippen LogP contribution in [0.3, 0.4) is 0 Å². The molecule has 5 N–H and O–H groups in total. The van der Waals surface area contributed by atoms with Crippen LogP contribution < -0.4 is 21.3 Å². The van der Waals surface area contributed by atoms with Gasteiger partial charge >= 0.3 is 12.2 Å². The standard InChI is InChI=1S/C26H31F3N8O/c27-26(28,29)17-6-3-7-20(14-17)33-25(38)32-19-10-8-18(9-11-19)31-24-30-13-12-22(35-24)34-23-15-21(36-37-23)16-4-1-2-5-16/h3,6-7,12-16,18-19H,1-2,4-5,8-11H2,(H2,32,33,38)(H3,30,31,34,35,36,37). The molecule has 202 valence electrons. The predicted octanol–water partition coefficient (Wildman–Crippen LogP) is 6.16. The Bertz CT molecular complexity index is 1230. The summed E-state index contributed by atoms with van der Waals surface area (Å²) in [4.78, 5) is 21.2. The topological polar surface area (TPSA) is 120 Å². The number of aromatic amines is 1. The van der Waals surface area contributed by atoms with Crippen LogP contribution >= 0.6 is 0 Å². The number of rotatable bonds is 7. The number of nitrogens with zero attached hydrogens (tertiary/aromatic N) is 3. The highest BCUT2D eigenvalue weighted by atomic mass is 19.4. The number of hydrogen-bond donors (Lipinski definition) is 5. The molecule has 1 aromatic carbocycles. The lowest BCUT2D eigenvalue weighted by Gasteiger charge is -2.29. The fourth-order valence-electron chi connectivity index (χ4n) is 5.17. The summed E-state index contributed by atoms with van der Waals surface area (Å²) in [6, 6.07) is 7.99. The minimum Gasteiger partial charge on any atom is -0.351 e. The molecule has 2 aliphatic rings. The number of carbonyl (C=O) groups excluding carboxylic acids is 1. The Hall–Kier alpha value is -3.83. The molecule has 2 saturated carbocycles. The first-order valence-electron chi connectivity index (χ1n) is 13.0. The Morgan fingerprint density at radius 3 is 2.47 bits per heavy atom. The predicted molar refractivity (Wildman–Crippen MR) is 138 cm³/mol. The van der Waals surface area contributed by atoms with Gasteiger partial charge in [0.2, 0.25) is 5.95 Å². The van der Waals surface area contributed by atoms with Gasteiger partial charge in [0, 0.05) is 41.6 Å². The summed E-state index contributed by atoms with van der Waals surface area (Å²) in [5, 5.41) is 19.5. The number of H-pyrrole nitrogens is 1. The molecule has 38 heavy (non-hydrogen) atoms. The van der Waals surface area contributed by atoms with Gasteiger partial charge in [0.25, 0.3) is 0 Å². The zero-order valence-corrected chi connectivity index (χ0v) is 20.8. The number of carbonyl (C=O) groups is 1. The monoisotopic (exact) mass is 528 g/mol. The van der Waals surface area contributed by atoms with Gasteiger partial charge in [-0.1, -0.05) is 18.9 Å². The van der Waals surface area contributed by atoms with E-state index in [1.165, 1.54) is 37.8 Å². The summed E-state index contributed by atoms with van der Waals surface area (Å²) in [5.41, 5.74) is 0.454. The quantitative estimate of drug-likeness (QED) is 0.250. The number of anilines is 4. The summed E-state index contributed by atoms with van der Waals surface area (Å²) in [7, 11) is 0. The molecule has 2 heterocycles. The molecule has 0 radical (unpaired) electrons. The number of halogens is 3. The van der Waals surface area contributed by atoms with Crippen molar-refractivity contribution in [3.63, 3.8) is 0 Å².